The minimum Gasteiger partial charge on any atom is -0.340 e. The Morgan fingerprint density at radius 2 is 1.07 bits per heavy atom. The fourth-order valence-electron chi connectivity index (χ4n) is 8.16. The molecular formula is C52H45N3S. The molecule has 0 amide bonds. The number of fused-ring (bicyclic) bond motifs is 5. The first-order valence-corrected chi connectivity index (χ1v) is 20.5. The first kappa shape index (κ1) is 35.3. The van der Waals surface area contributed by atoms with Gasteiger partial charge in [0.1, 0.15) is 5.00 Å². The lowest BCUT2D eigenvalue weighted by Crippen LogP contribution is -2.10. The van der Waals surface area contributed by atoms with Crippen molar-refractivity contribution in [2.45, 2.75) is 39.2 Å². The molecule has 0 N–H and O–H groups in total. The third kappa shape index (κ3) is 6.46. The summed E-state index contributed by atoms with van der Waals surface area (Å²) in [5.74, 6) is 0. The lowest BCUT2D eigenvalue weighted by atomic mass is 10.1. The van der Waals surface area contributed by atoms with Gasteiger partial charge in [-0.1, -0.05) is 149 Å². The normalized spacial score (nSPS) is 11.4. The minimum absolute atomic E-state index is 0.980. The van der Waals surface area contributed by atoms with Crippen LogP contribution in [0.4, 0.5) is 33.4 Å². The van der Waals surface area contributed by atoms with Gasteiger partial charge in [-0.05, 0) is 89.0 Å². The summed E-state index contributed by atoms with van der Waals surface area (Å²) in [5.41, 5.74) is 10.5. The molecule has 0 aliphatic carbocycles. The maximum Gasteiger partial charge on any atom is 0.103 e. The summed E-state index contributed by atoms with van der Waals surface area (Å²) in [6, 6.07) is 57.6. The molecule has 0 saturated carbocycles. The molecule has 0 unspecified atom stereocenters. The summed E-state index contributed by atoms with van der Waals surface area (Å²) in [6.07, 6.45) is 8.65. The van der Waals surface area contributed by atoms with Crippen LogP contribution in [0.5, 0.6) is 0 Å². The van der Waals surface area contributed by atoms with Gasteiger partial charge in [0.25, 0.3) is 0 Å². The van der Waals surface area contributed by atoms with Gasteiger partial charge in [-0.2, -0.15) is 0 Å². The lowest BCUT2D eigenvalue weighted by Gasteiger charge is -2.27. The van der Waals surface area contributed by atoms with Crippen LogP contribution in [0.1, 0.15) is 43.7 Å². The van der Waals surface area contributed by atoms with Crippen molar-refractivity contribution in [1.82, 2.24) is 4.57 Å². The van der Waals surface area contributed by atoms with Crippen LogP contribution in [-0.2, 0) is 6.54 Å². The molecule has 0 atom stereocenters. The van der Waals surface area contributed by atoms with Crippen molar-refractivity contribution in [2.75, 3.05) is 9.80 Å². The number of unbranched alkanes of at least 4 members (excludes halogenated alkanes) is 3. The van der Waals surface area contributed by atoms with E-state index in [1.54, 1.807) is 0 Å². The van der Waals surface area contributed by atoms with Crippen molar-refractivity contribution in [3.63, 3.8) is 0 Å². The van der Waals surface area contributed by atoms with Crippen LogP contribution in [0, 0.1) is 0 Å². The third-order valence-electron chi connectivity index (χ3n) is 11.0. The van der Waals surface area contributed by atoms with Crippen molar-refractivity contribution in [3.05, 3.63) is 182 Å². The summed E-state index contributed by atoms with van der Waals surface area (Å²) in [6.45, 7) is 11.3. The summed E-state index contributed by atoms with van der Waals surface area (Å²) in [5, 5.41) is 7.35. The molecule has 9 rings (SSSR count). The Balaban J connectivity index is 1.27. The van der Waals surface area contributed by atoms with Gasteiger partial charge in [0, 0.05) is 39.8 Å². The van der Waals surface area contributed by atoms with Crippen molar-refractivity contribution in [3.8, 4) is 0 Å². The summed E-state index contributed by atoms with van der Waals surface area (Å²) >= 11 is 1.88. The zero-order valence-electron chi connectivity index (χ0n) is 31.9. The lowest BCUT2D eigenvalue weighted by molar-refractivity contribution is 0.602. The van der Waals surface area contributed by atoms with Crippen LogP contribution in [0.3, 0.4) is 0 Å². The second kappa shape index (κ2) is 15.4. The van der Waals surface area contributed by atoms with E-state index in [1.807, 2.05) is 23.5 Å². The number of benzene rings is 7. The quantitative estimate of drug-likeness (QED) is 0.109. The van der Waals surface area contributed by atoms with Gasteiger partial charge >= 0.3 is 0 Å². The molecule has 0 bridgehead atoms. The third-order valence-corrected chi connectivity index (χ3v) is 12.2. The van der Waals surface area contributed by atoms with E-state index >= 15 is 0 Å². The number of anilines is 6. The number of nitrogens with zero attached hydrogens (tertiary/aromatic N) is 3. The van der Waals surface area contributed by atoms with Gasteiger partial charge < -0.3 is 14.4 Å². The van der Waals surface area contributed by atoms with Crippen LogP contribution >= 0.6 is 11.3 Å². The molecule has 0 aliphatic heterocycles. The van der Waals surface area contributed by atoms with Crippen molar-refractivity contribution in [1.29, 1.82) is 0 Å². The number of hydrogen-bond acceptors (Lipinski definition) is 3. The van der Waals surface area contributed by atoms with Crippen molar-refractivity contribution in [2.24, 2.45) is 0 Å². The molecule has 7 aromatic carbocycles. The molecule has 274 valence electrons. The van der Waals surface area contributed by atoms with Crippen LogP contribution in [0.2, 0.25) is 0 Å². The average Bonchev–Trinajstić information content (AvgIpc) is 3.80. The molecule has 0 spiro atoms. The average molecular weight is 744 g/mol. The standard InChI is InChI=1S/C52H45N3S/c1-4-7-8-13-34-53-47-33-32-43(54(41-28-24-37(5-2)25-29-41)48-22-14-18-39-16-9-11-20-44(39)48)35-46(47)52-50(53)36-51(56-52)55(42-30-26-38(6-3)27-31-42)49-23-15-19-40-17-10-12-21-45(40)49/h5-6,9-12,14-33,35-36H,2-4,7-8,13,34H2,1H3. The van der Waals surface area contributed by atoms with E-state index in [1.165, 1.54) is 72.6 Å². The van der Waals surface area contributed by atoms with Crippen molar-refractivity contribution >= 4 is 99.6 Å². The summed E-state index contributed by atoms with van der Waals surface area (Å²) in [4.78, 5) is 4.86. The van der Waals surface area contributed by atoms with E-state index in [9.17, 15) is 0 Å². The smallest absolute Gasteiger partial charge is 0.103 e. The Kier molecular flexibility index (Phi) is 9.73. The fourth-order valence-corrected chi connectivity index (χ4v) is 9.38. The van der Waals surface area contributed by atoms with Gasteiger partial charge in [-0.25, -0.2) is 0 Å². The maximum atomic E-state index is 4.02. The number of aromatic nitrogens is 1. The van der Waals surface area contributed by atoms with Gasteiger partial charge in [0.15, 0.2) is 0 Å². The fraction of sp³-hybridized carbons (Fsp3) is 0.115. The van der Waals surface area contributed by atoms with E-state index in [0.29, 0.717) is 0 Å². The molecule has 56 heavy (non-hydrogen) atoms. The maximum absolute atomic E-state index is 4.02. The summed E-state index contributed by atoms with van der Waals surface area (Å²) < 4.78 is 3.88. The van der Waals surface area contributed by atoms with Crippen molar-refractivity contribution < 1.29 is 0 Å². The van der Waals surface area contributed by atoms with Gasteiger partial charge in [0.05, 0.1) is 27.1 Å². The predicted octanol–water partition coefficient (Wildman–Crippen LogP) is 16.0. The Hall–Kier alpha value is -6.36. The highest BCUT2D eigenvalue weighted by atomic mass is 32.1. The Labute approximate surface area is 333 Å². The Morgan fingerprint density at radius 1 is 0.518 bits per heavy atom. The van der Waals surface area contributed by atoms with E-state index in [4.69, 9.17) is 0 Å². The Bertz CT molecular complexity index is 2830. The van der Waals surface area contributed by atoms with Crippen LogP contribution in [0.15, 0.2) is 171 Å². The highest BCUT2D eigenvalue weighted by Crippen LogP contribution is 2.48. The molecule has 0 aliphatic rings. The zero-order valence-corrected chi connectivity index (χ0v) is 32.7. The first-order valence-electron chi connectivity index (χ1n) is 19.7. The van der Waals surface area contributed by atoms with E-state index in [-0.39, 0.29) is 0 Å². The molecule has 0 saturated heterocycles. The van der Waals surface area contributed by atoms with E-state index in [0.717, 1.165) is 46.8 Å². The molecule has 4 heteroatoms. The topological polar surface area (TPSA) is 11.4 Å². The monoisotopic (exact) mass is 743 g/mol. The highest BCUT2D eigenvalue weighted by Gasteiger charge is 2.23. The van der Waals surface area contributed by atoms with Crippen LogP contribution in [-0.4, -0.2) is 4.57 Å². The second-order valence-electron chi connectivity index (χ2n) is 14.5. The number of hydrogen-bond donors (Lipinski definition) is 0. The number of aryl methyl sites for hydroxylation is 1. The predicted molar refractivity (Wildman–Crippen MR) is 246 cm³/mol. The first-order chi connectivity index (χ1) is 27.6. The molecule has 9 aromatic rings. The largest absolute Gasteiger partial charge is 0.340 e. The second-order valence-corrected chi connectivity index (χ2v) is 15.5. The molecule has 0 radical (unpaired) electrons. The molecule has 0 fully saturated rings. The van der Waals surface area contributed by atoms with Gasteiger partial charge in [0.2, 0.25) is 0 Å². The SMILES string of the molecule is C=Cc1ccc(N(c2ccc3c(c2)c2sc(N(c4ccc(C=C)cc4)c4cccc5ccccc45)cc2n3CCCCCC)c2cccc3ccccc23)cc1. The van der Waals surface area contributed by atoms with E-state index < -0.39 is 0 Å². The Morgan fingerprint density at radius 3 is 1.68 bits per heavy atom. The zero-order chi connectivity index (χ0) is 38.0. The minimum atomic E-state index is 0.980. The van der Waals surface area contributed by atoms with Gasteiger partial charge in [-0.3, -0.25) is 0 Å². The van der Waals surface area contributed by atoms with E-state index in [2.05, 4.69) is 192 Å². The number of rotatable bonds is 13. The van der Waals surface area contributed by atoms with Crippen LogP contribution in [0.25, 0.3) is 54.8 Å². The summed E-state index contributed by atoms with van der Waals surface area (Å²) in [7, 11) is 0. The molecule has 2 heterocycles. The highest BCUT2D eigenvalue weighted by molar-refractivity contribution is 7.24. The van der Waals surface area contributed by atoms with Crippen LogP contribution < -0.4 is 9.80 Å². The molecular weight excluding hydrogens is 699 g/mol. The van der Waals surface area contributed by atoms with Gasteiger partial charge in [-0.15, -0.1) is 11.3 Å². The number of thiophene rings is 1. The molecule has 3 nitrogen and oxygen atoms in total. The molecule has 2 aromatic heterocycles.